The van der Waals surface area contributed by atoms with E-state index in [0.29, 0.717) is 0 Å². The normalized spacial score (nSPS) is 6.25. The van der Waals surface area contributed by atoms with Crippen molar-refractivity contribution in [3.8, 4) is 0 Å². The Labute approximate surface area is 65.9 Å². The van der Waals surface area contributed by atoms with Crippen molar-refractivity contribution < 1.29 is 45.1 Å². The Kier molecular flexibility index (Phi) is 17.1. The van der Waals surface area contributed by atoms with Crippen LogP contribution in [-0.2, 0) is 0 Å². The second-order valence-corrected chi connectivity index (χ2v) is 0.912. The largest absolute Gasteiger partial charge is 0.631 e. The molecule has 0 saturated heterocycles. The molecule has 0 amide bonds. The van der Waals surface area contributed by atoms with E-state index in [1.54, 1.807) is 0 Å². The lowest BCUT2D eigenvalue weighted by atomic mass is 10.3. The Bertz CT molecular complexity index is 96.9. The lowest BCUT2D eigenvalue weighted by molar-refractivity contribution is 0.135. The second kappa shape index (κ2) is 12.2. The molecule has 0 atom stereocenters. The minimum atomic E-state index is -2.17. The number of hydrogen-bond donors (Lipinski definition) is 7. The van der Waals surface area contributed by atoms with E-state index in [1.165, 1.54) is 0 Å². The van der Waals surface area contributed by atoms with E-state index in [-0.39, 0.29) is 0 Å². The van der Waals surface area contributed by atoms with Gasteiger partial charge in [-0.2, -0.15) is 0 Å². The third kappa shape index (κ3) is 207. The molecule has 0 heterocycles. The maximum Gasteiger partial charge on any atom is 0.631 e. The SMILES string of the molecule is O=C(O)O.O=C(O)O.OB(O)O. The maximum atomic E-state index is 8.56. The van der Waals surface area contributed by atoms with Gasteiger partial charge >= 0.3 is 19.6 Å². The van der Waals surface area contributed by atoms with Gasteiger partial charge in [0, 0.05) is 0 Å². The Morgan fingerprint density at radius 3 is 0.750 bits per heavy atom. The fourth-order valence-electron chi connectivity index (χ4n) is 0. The van der Waals surface area contributed by atoms with Gasteiger partial charge in [0.2, 0.25) is 0 Å². The zero-order chi connectivity index (χ0) is 10.7. The fourth-order valence-corrected chi connectivity index (χ4v) is 0. The van der Waals surface area contributed by atoms with Gasteiger partial charge in [0.15, 0.2) is 0 Å². The average Bonchev–Trinajstić information content (AvgIpc) is 1.54. The first-order chi connectivity index (χ1) is 5.20. The Balaban J connectivity index is -0.000000101. The van der Waals surface area contributed by atoms with Crippen LogP contribution in [0.3, 0.4) is 0 Å². The van der Waals surface area contributed by atoms with Crippen LogP contribution in [0.2, 0.25) is 0 Å². The first kappa shape index (κ1) is 16.8. The first-order valence-corrected chi connectivity index (χ1v) is 2.08. The number of hydrogen-bond acceptors (Lipinski definition) is 5. The van der Waals surface area contributed by atoms with Crippen molar-refractivity contribution in [3.63, 3.8) is 0 Å². The van der Waals surface area contributed by atoms with Crippen molar-refractivity contribution in [3.05, 3.63) is 0 Å². The molecule has 0 fully saturated rings. The molecule has 10 heteroatoms. The summed E-state index contributed by atoms with van der Waals surface area (Å²) in [5.74, 6) is 0. The van der Waals surface area contributed by atoms with Crippen LogP contribution < -0.4 is 0 Å². The summed E-state index contributed by atoms with van der Waals surface area (Å²) in [6.45, 7) is 0. The molecule has 0 spiro atoms. The molecule has 0 radical (unpaired) electrons. The van der Waals surface area contributed by atoms with Gasteiger partial charge in [-0.1, -0.05) is 0 Å². The summed E-state index contributed by atoms with van der Waals surface area (Å²) >= 11 is 0. The van der Waals surface area contributed by atoms with Crippen molar-refractivity contribution in [1.82, 2.24) is 0 Å². The molecule has 7 N–H and O–H groups in total. The topological polar surface area (TPSA) is 176 Å². The zero-order valence-corrected chi connectivity index (χ0v) is 5.52. The van der Waals surface area contributed by atoms with E-state index >= 15 is 0 Å². The van der Waals surface area contributed by atoms with Gasteiger partial charge in [-0.25, -0.2) is 9.59 Å². The smallest absolute Gasteiger partial charge is 0.450 e. The number of carboxylic acid groups (broad SMARTS) is 4. The molecule has 0 aromatic carbocycles. The third-order valence-corrected chi connectivity index (χ3v) is 0. The van der Waals surface area contributed by atoms with E-state index in [2.05, 4.69) is 0 Å². The Morgan fingerprint density at radius 1 is 0.750 bits per heavy atom. The van der Waals surface area contributed by atoms with Crippen molar-refractivity contribution in [2.45, 2.75) is 0 Å². The van der Waals surface area contributed by atoms with Gasteiger partial charge < -0.3 is 35.5 Å². The quantitative estimate of drug-likeness (QED) is 0.219. The molecule has 0 aromatic heterocycles. The van der Waals surface area contributed by atoms with E-state index in [4.69, 9.17) is 45.1 Å². The summed E-state index contributed by atoms with van der Waals surface area (Å²) in [4.78, 5) is 17.1. The minimum Gasteiger partial charge on any atom is -0.450 e. The van der Waals surface area contributed by atoms with Crippen LogP contribution in [0, 0.1) is 0 Å². The maximum absolute atomic E-state index is 8.56. The standard InChI is InChI=1S/2CH2O3.BH3O3/c3*2-1(3)4/h2*(H2,2,3,4);2-4H. The van der Waals surface area contributed by atoms with Crippen LogP contribution in [0.15, 0.2) is 0 Å². The second-order valence-electron chi connectivity index (χ2n) is 0.912. The molecule has 0 aromatic rings. The van der Waals surface area contributed by atoms with E-state index in [1.807, 2.05) is 0 Å². The van der Waals surface area contributed by atoms with Gasteiger partial charge in [0.05, 0.1) is 0 Å². The van der Waals surface area contributed by atoms with Crippen LogP contribution in [0.25, 0.3) is 0 Å². The molecule has 0 bridgehead atoms. The molecule has 72 valence electrons. The summed E-state index contributed by atoms with van der Waals surface area (Å²) in [6.07, 6.45) is -3.67. The molecular weight excluding hydrogens is 179 g/mol. The van der Waals surface area contributed by atoms with Crippen LogP contribution in [0.5, 0.6) is 0 Å². The van der Waals surface area contributed by atoms with Gasteiger partial charge in [-0.15, -0.1) is 0 Å². The molecule has 0 rings (SSSR count). The predicted octanol–water partition coefficient (Wildman–Crippen LogP) is -1.61. The van der Waals surface area contributed by atoms with Crippen LogP contribution in [-0.4, -0.2) is 55.1 Å². The van der Waals surface area contributed by atoms with Crippen LogP contribution in [0.4, 0.5) is 9.59 Å². The highest BCUT2D eigenvalue weighted by atomic mass is 16.6. The Morgan fingerprint density at radius 2 is 0.750 bits per heavy atom. The van der Waals surface area contributed by atoms with Gasteiger partial charge in [-0.05, 0) is 0 Å². The number of carbonyl (C=O) groups is 2. The van der Waals surface area contributed by atoms with Gasteiger partial charge in [0.1, 0.15) is 0 Å². The molecule has 0 aliphatic rings. The summed E-state index contributed by atoms with van der Waals surface area (Å²) in [5, 5.41) is 49.4. The summed E-state index contributed by atoms with van der Waals surface area (Å²) in [6, 6.07) is 0. The Hall–Kier alpha value is -1.52. The molecule has 0 saturated carbocycles. The highest BCUT2D eigenvalue weighted by molar-refractivity contribution is 6.30. The van der Waals surface area contributed by atoms with E-state index in [9.17, 15) is 0 Å². The van der Waals surface area contributed by atoms with Crippen molar-refractivity contribution in [1.29, 1.82) is 0 Å². The first-order valence-electron chi connectivity index (χ1n) is 2.08. The molecule has 0 unspecified atom stereocenters. The lowest BCUT2D eigenvalue weighted by Gasteiger charge is -1.69. The summed E-state index contributed by atoms with van der Waals surface area (Å²) < 4.78 is 0. The molecule has 0 aliphatic heterocycles. The monoisotopic (exact) mass is 186 g/mol. The summed E-state index contributed by atoms with van der Waals surface area (Å²) in [5.41, 5.74) is 0. The predicted molar refractivity (Wildman–Crippen MR) is 33.7 cm³/mol. The highest BCUT2D eigenvalue weighted by Crippen LogP contribution is 1.43. The van der Waals surface area contributed by atoms with Crippen LogP contribution in [0.1, 0.15) is 0 Å². The van der Waals surface area contributed by atoms with E-state index in [0.717, 1.165) is 0 Å². The molecule has 12 heavy (non-hydrogen) atoms. The van der Waals surface area contributed by atoms with E-state index < -0.39 is 19.6 Å². The average molecular weight is 186 g/mol. The lowest BCUT2D eigenvalue weighted by Crippen LogP contribution is -2.07. The van der Waals surface area contributed by atoms with Gasteiger partial charge in [-0.3, -0.25) is 0 Å². The number of rotatable bonds is 0. The zero-order valence-electron chi connectivity index (χ0n) is 5.52. The third-order valence-electron chi connectivity index (χ3n) is 0. The minimum absolute atomic E-state index is 1.83. The highest BCUT2D eigenvalue weighted by Gasteiger charge is 1.92. The van der Waals surface area contributed by atoms with Gasteiger partial charge in [0.25, 0.3) is 0 Å². The van der Waals surface area contributed by atoms with Crippen molar-refractivity contribution in [2.24, 2.45) is 0 Å². The molecule has 0 aliphatic carbocycles. The molecule has 9 nitrogen and oxygen atoms in total. The van der Waals surface area contributed by atoms with Crippen molar-refractivity contribution >= 4 is 19.6 Å². The summed E-state index contributed by atoms with van der Waals surface area (Å²) in [7, 11) is -2.17. The van der Waals surface area contributed by atoms with Crippen molar-refractivity contribution in [2.75, 3.05) is 0 Å². The van der Waals surface area contributed by atoms with Crippen LogP contribution >= 0.6 is 0 Å². The molecular formula is C2H7BO9. The fraction of sp³-hybridized carbons (Fsp3) is 0.